The first kappa shape index (κ1) is 15.7. The standard InChI is InChI=1S/C17H19N3O2S/c21-23(22,14-15-7-2-1-3-8-15)19-11-6-10-17-18-13-16-9-4-5-12-20(16)17/h1-5,7-9,12-13,19H,6,10-11,14H2. The highest BCUT2D eigenvalue weighted by Gasteiger charge is 2.11. The second kappa shape index (κ2) is 6.93. The molecule has 2 aromatic heterocycles. The van der Waals surface area contributed by atoms with Crippen molar-refractivity contribution in [3.05, 3.63) is 72.3 Å². The Morgan fingerprint density at radius 2 is 1.83 bits per heavy atom. The summed E-state index contributed by atoms with van der Waals surface area (Å²) in [6, 6.07) is 15.1. The van der Waals surface area contributed by atoms with Crippen LogP contribution in [0.4, 0.5) is 0 Å². The molecule has 3 aromatic rings. The van der Waals surface area contributed by atoms with E-state index < -0.39 is 10.0 Å². The average molecular weight is 329 g/mol. The fourth-order valence-electron chi connectivity index (χ4n) is 2.50. The number of imidazole rings is 1. The highest BCUT2D eigenvalue weighted by Crippen LogP contribution is 2.08. The van der Waals surface area contributed by atoms with Gasteiger partial charge in [-0.2, -0.15) is 0 Å². The molecule has 23 heavy (non-hydrogen) atoms. The van der Waals surface area contributed by atoms with Gasteiger partial charge in [-0.15, -0.1) is 0 Å². The smallest absolute Gasteiger partial charge is 0.215 e. The van der Waals surface area contributed by atoms with Gasteiger partial charge in [-0.3, -0.25) is 0 Å². The van der Waals surface area contributed by atoms with Crippen molar-refractivity contribution in [2.75, 3.05) is 6.54 Å². The third-order valence-corrected chi connectivity index (χ3v) is 4.97. The van der Waals surface area contributed by atoms with Crippen LogP contribution in [0, 0.1) is 0 Å². The molecule has 0 bridgehead atoms. The van der Waals surface area contributed by atoms with Gasteiger partial charge in [-0.1, -0.05) is 36.4 Å². The molecule has 3 rings (SSSR count). The summed E-state index contributed by atoms with van der Waals surface area (Å²) in [6.45, 7) is 0.414. The number of hydrogen-bond acceptors (Lipinski definition) is 3. The first-order valence-corrected chi connectivity index (χ1v) is 9.21. The van der Waals surface area contributed by atoms with Gasteiger partial charge in [0.2, 0.25) is 10.0 Å². The summed E-state index contributed by atoms with van der Waals surface area (Å²) in [6.07, 6.45) is 5.24. The molecule has 1 aromatic carbocycles. The normalized spacial score (nSPS) is 11.8. The number of fused-ring (bicyclic) bond motifs is 1. The lowest BCUT2D eigenvalue weighted by Crippen LogP contribution is -2.26. The molecule has 2 heterocycles. The van der Waals surface area contributed by atoms with E-state index in [1.54, 1.807) is 0 Å². The number of aromatic nitrogens is 2. The molecule has 6 heteroatoms. The quantitative estimate of drug-likeness (QED) is 0.677. The van der Waals surface area contributed by atoms with E-state index in [0.717, 1.165) is 23.3 Å². The third-order valence-electron chi connectivity index (χ3n) is 3.61. The molecule has 0 saturated heterocycles. The fourth-order valence-corrected chi connectivity index (χ4v) is 3.69. The van der Waals surface area contributed by atoms with Crippen LogP contribution in [-0.4, -0.2) is 24.3 Å². The zero-order valence-corrected chi connectivity index (χ0v) is 13.5. The van der Waals surface area contributed by atoms with Crippen LogP contribution < -0.4 is 4.72 Å². The summed E-state index contributed by atoms with van der Waals surface area (Å²) in [7, 11) is -3.30. The molecule has 0 amide bonds. The molecule has 0 atom stereocenters. The van der Waals surface area contributed by atoms with Crippen molar-refractivity contribution in [2.24, 2.45) is 0 Å². The highest BCUT2D eigenvalue weighted by atomic mass is 32.2. The zero-order chi connectivity index (χ0) is 16.1. The van der Waals surface area contributed by atoms with Crippen LogP contribution in [0.1, 0.15) is 17.8 Å². The van der Waals surface area contributed by atoms with Gasteiger partial charge < -0.3 is 4.40 Å². The monoisotopic (exact) mass is 329 g/mol. The maximum atomic E-state index is 12.0. The number of pyridine rings is 1. The van der Waals surface area contributed by atoms with Crippen LogP contribution in [0.25, 0.3) is 5.52 Å². The van der Waals surface area contributed by atoms with Crippen molar-refractivity contribution in [3.8, 4) is 0 Å². The lowest BCUT2D eigenvalue weighted by atomic mass is 10.2. The van der Waals surface area contributed by atoms with E-state index in [1.165, 1.54) is 0 Å². The van der Waals surface area contributed by atoms with Gasteiger partial charge in [0.05, 0.1) is 17.5 Å². The van der Waals surface area contributed by atoms with Crippen molar-refractivity contribution >= 4 is 15.5 Å². The van der Waals surface area contributed by atoms with Gasteiger partial charge in [0, 0.05) is 19.2 Å². The largest absolute Gasteiger partial charge is 0.304 e. The Bertz CT molecular complexity index is 873. The number of hydrogen-bond donors (Lipinski definition) is 1. The van der Waals surface area contributed by atoms with Crippen molar-refractivity contribution in [1.82, 2.24) is 14.1 Å². The Labute approximate surface area is 136 Å². The average Bonchev–Trinajstić information content (AvgIpc) is 2.95. The first-order chi connectivity index (χ1) is 11.1. The van der Waals surface area contributed by atoms with E-state index in [2.05, 4.69) is 9.71 Å². The van der Waals surface area contributed by atoms with Crippen LogP contribution in [-0.2, 0) is 22.2 Å². The van der Waals surface area contributed by atoms with Crippen LogP contribution >= 0.6 is 0 Å². The van der Waals surface area contributed by atoms with Gasteiger partial charge in [0.1, 0.15) is 5.82 Å². The maximum Gasteiger partial charge on any atom is 0.215 e. The topological polar surface area (TPSA) is 63.5 Å². The SMILES string of the molecule is O=S(=O)(Cc1ccccc1)NCCCc1ncc2ccccn12. The molecule has 120 valence electrons. The summed E-state index contributed by atoms with van der Waals surface area (Å²) in [5.41, 5.74) is 1.84. The number of nitrogens with one attached hydrogen (secondary N) is 1. The predicted octanol–water partition coefficient (Wildman–Crippen LogP) is 2.39. The Balaban J connectivity index is 1.51. The van der Waals surface area contributed by atoms with Crippen molar-refractivity contribution in [3.63, 3.8) is 0 Å². The second-order valence-electron chi connectivity index (χ2n) is 5.41. The van der Waals surface area contributed by atoms with Crippen LogP contribution in [0.5, 0.6) is 0 Å². The number of rotatable bonds is 7. The van der Waals surface area contributed by atoms with Gasteiger partial charge in [-0.05, 0) is 24.1 Å². The molecular weight excluding hydrogens is 310 g/mol. The number of sulfonamides is 1. The molecule has 0 aliphatic carbocycles. The van der Waals surface area contributed by atoms with E-state index in [4.69, 9.17) is 0 Å². The minimum absolute atomic E-state index is 0.0140. The van der Waals surface area contributed by atoms with E-state index in [-0.39, 0.29) is 5.75 Å². The van der Waals surface area contributed by atoms with E-state index >= 15 is 0 Å². The number of nitrogens with zero attached hydrogens (tertiary/aromatic N) is 2. The minimum atomic E-state index is -3.30. The van der Waals surface area contributed by atoms with Gasteiger partial charge in [0.25, 0.3) is 0 Å². The Morgan fingerprint density at radius 1 is 1.04 bits per heavy atom. The Morgan fingerprint density at radius 3 is 2.65 bits per heavy atom. The molecular formula is C17H19N3O2S. The van der Waals surface area contributed by atoms with Crippen molar-refractivity contribution < 1.29 is 8.42 Å². The van der Waals surface area contributed by atoms with Gasteiger partial charge in [0.15, 0.2) is 0 Å². The zero-order valence-electron chi connectivity index (χ0n) is 12.7. The summed E-state index contributed by atoms with van der Waals surface area (Å²) in [5, 5.41) is 0. The Kier molecular flexibility index (Phi) is 4.73. The van der Waals surface area contributed by atoms with Crippen molar-refractivity contribution in [1.29, 1.82) is 0 Å². The molecule has 5 nitrogen and oxygen atoms in total. The number of aryl methyl sites for hydroxylation is 1. The predicted molar refractivity (Wildman–Crippen MR) is 90.6 cm³/mol. The number of benzene rings is 1. The van der Waals surface area contributed by atoms with Crippen molar-refractivity contribution in [2.45, 2.75) is 18.6 Å². The van der Waals surface area contributed by atoms with Crippen LogP contribution in [0.15, 0.2) is 60.9 Å². The third kappa shape index (κ3) is 4.18. The summed E-state index contributed by atoms with van der Waals surface area (Å²) in [4.78, 5) is 4.38. The molecule has 0 fully saturated rings. The highest BCUT2D eigenvalue weighted by molar-refractivity contribution is 7.88. The molecule has 0 unspecified atom stereocenters. The fraction of sp³-hybridized carbons (Fsp3) is 0.235. The minimum Gasteiger partial charge on any atom is -0.304 e. The lowest BCUT2D eigenvalue weighted by Gasteiger charge is -2.06. The molecule has 1 N–H and O–H groups in total. The lowest BCUT2D eigenvalue weighted by molar-refractivity contribution is 0.577. The van der Waals surface area contributed by atoms with E-state index in [1.807, 2.05) is 65.3 Å². The van der Waals surface area contributed by atoms with E-state index in [9.17, 15) is 8.42 Å². The molecule has 0 saturated carbocycles. The van der Waals surface area contributed by atoms with Crippen LogP contribution in [0.2, 0.25) is 0 Å². The maximum absolute atomic E-state index is 12.0. The Hall–Kier alpha value is -2.18. The summed E-state index contributed by atoms with van der Waals surface area (Å²) in [5.74, 6) is 0.961. The summed E-state index contributed by atoms with van der Waals surface area (Å²) < 4.78 is 28.8. The summed E-state index contributed by atoms with van der Waals surface area (Å²) >= 11 is 0. The van der Waals surface area contributed by atoms with Gasteiger partial charge >= 0.3 is 0 Å². The molecule has 0 aliphatic heterocycles. The molecule has 0 radical (unpaired) electrons. The molecule has 0 aliphatic rings. The second-order valence-corrected chi connectivity index (χ2v) is 7.22. The van der Waals surface area contributed by atoms with Crippen LogP contribution in [0.3, 0.4) is 0 Å². The van der Waals surface area contributed by atoms with E-state index in [0.29, 0.717) is 13.0 Å². The van der Waals surface area contributed by atoms with Gasteiger partial charge in [-0.25, -0.2) is 18.1 Å². The molecule has 0 spiro atoms. The first-order valence-electron chi connectivity index (χ1n) is 7.56.